The lowest BCUT2D eigenvalue weighted by Crippen LogP contribution is -2.31. The maximum absolute atomic E-state index is 10.7. The van der Waals surface area contributed by atoms with Crippen LogP contribution in [0, 0.1) is 0 Å². The number of likely N-dealkylation sites (N-methyl/N-ethyl adjacent to an activating group) is 1. The van der Waals surface area contributed by atoms with Crippen molar-refractivity contribution in [2.75, 3.05) is 33.7 Å². The number of nitrogens with zero attached hydrogens (tertiary/aromatic N) is 1. The zero-order chi connectivity index (χ0) is 17.6. The average molecular weight is 347 g/mol. The van der Waals surface area contributed by atoms with Crippen LogP contribution >= 0.6 is 11.6 Å². The van der Waals surface area contributed by atoms with Crippen LogP contribution in [0.15, 0.2) is 48.5 Å². The van der Waals surface area contributed by atoms with Crippen molar-refractivity contribution >= 4 is 11.6 Å². The Kier molecular flexibility index (Phi) is 6.81. The molecule has 2 aromatic rings. The molecule has 0 aliphatic carbocycles. The Hall–Kier alpha value is -1.39. The molecule has 1 atom stereocenters. The standard InChI is InChI=1S/C20H27ClN2O/c1-20(24,12-13-22-14-15-23(2)3)18-8-4-16(5-9-18)17-6-10-19(21)11-7-17/h4-11,22,24H,12-15H2,1-3H3. The Morgan fingerprint density at radius 2 is 1.50 bits per heavy atom. The van der Waals surface area contributed by atoms with Crippen molar-refractivity contribution in [3.8, 4) is 11.1 Å². The maximum atomic E-state index is 10.7. The zero-order valence-corrected chi connectivity index (χ0v) is 15.5. The number of hydrogen-bond acceptors (Lipinski definition) is 3. The third kappa shape index (κ3) is 5.60. The summed E-state index contributed by atoms with van der Waals surface area (Å²) in [5.74, 6) is 0. The van der Waals surface area contributed by atoms with Gasteiger partial charge in [0, 0.05) is 18.1 Å². The van der Waals surface area contributed by atoms with Gasteiger partial charge in [0.25, 0.3) is 0 Å². The molecule has 130 valence electrons. The van der Waals surface area contributed by atoms with Crippen molar-refractivity contribution < 1.29 is 5.11 Å². The number of nitrogens with one attached hydrogen (secondary N) is 1. The molecule has 0 fully saturated rings. The monoisotopic (exact) mass is 346 g/mol. The fourth-order valence-electron chi connectivity index (χ4n) is 2.57. The highest BCUT2D eigenvalue weighted by Gasteiger charge is 2.22. The minimum atomic E-state index is -0.830. The number of rotatable bonds is 8. The number of aliphatic hydroxyl groups is 1. The highest BCUT2D eigenvalue weighted by Crippen LogP contribution is 2.27. The van der Waals surface area contributed by atoms with Gasteiger partial charge in [-0.25, -0.2) is 0 Å². The average Bonchev–Trinajstić information content (AvgIpc) is 2.55. The molecule has 1 unspecified atom stereocenters. The predicted molar refractivity (Wildman–Crippen MR) is 102 cm³/mol. The summed E-state index contributed by atoms with van der Waals surface area (Å²) >= 11 is 5.93. The molecule has 0 spiro atoms. The topological polar surface area (TPSA) is 35.5 Å². The van der Waals surface area contributed by atoms with Gasteiger partial charge in [0.05, 0.1) is 5.60 Å². The SMILES string of the molecule is CN(C)CCNCCC(C)(O)c1ccc(-c2ccc(Cl)cc2)cc1. The second-order valence-electron chi connectivity index (χ2n) is 6.66. The first kappa shape index (κ1) is 18.9. The second kappa shape index (κ2) is 8.63. The lowest BCUT2D eigenvalue weighted by molar-refractivity contribution is 0.0480. The van der Waals surface area contributed by atoms with Gasteiger partial charge in [0.1, 0.15) is 0 Å². The van der Waals surface area contributed by atoms with Gasteiger partial charge in [-0.15, -0.1) is 0 Å². The van der Waals surface area contributed by atoms with E-state index in [9.17, 15) is 5.11 Å². The molecular formula is C20H27ClN2O. The van der Waals surface area contributed by atoms with Crippen LogP contribution in [0.2, 0.25) is 5.02 Å². The Balaban J connectivity index is 1.94. The quantitative estimate of drug-likeness (QED) is 0.714. The summed E-state index contributed by atoms with van der Waals surface area (Å²) in [6, 6.07) is 15.9. The predicted octanol–water partition coefficient (Wildman–Crippen LogP) is 3.76. The number of benzene rings is 2. The van der Waals surface area contributed by atoms with Crippen LogP contribution in [0.3, 0.4) is 0 Å². The van der Waals surface area contributed by atoms with E-state index in [0.717, 1.165) is 41.3 Å². The third-order valence-corrected chi connectivity index (χ3v) is 4.46. The van der Waals surface area contributed by atoms with Crippen LogP contribution in [-0.4, -0.2) is 43.7 Å². The maximum Gasteiger partial charge on any atom is 0.0880 e. The molecule has 3 nitrogen and oxygen atoms in total. The van der Waals surface area contributed by atoms with E-state index in [2.05, 4.69) is 24.3 Å². The first-order valence-electron chi connectivity index (χ1n) is 8.33. The summed E-state index contributed by atoms with van der Waals surface area (Å²) in [4.78, 5) is 2.14. The molecule has 0 saturated carbocycles. The van der Waals surface area contributed by atoms with Crippen molar-refractivity contribution in [1.29, 1.82) is 0 Å². The minimum Gasteiger partial charge on any atom is -0.385 e. The van der Waals surface area contributed by atoms with Crippen LogP contribution < -0.4 is 5.32 Å². The molecule has 0 aliphatic rings. The van der Waals surface area contributed by atoms with E-state index in [0.29, 0.717) is 6.42 Å². The summed E-state index contributed by atoms with van der Waals surface area (Å²) in [6.07, 6.45) is 0.681. The second-order valence-corrected chi connectivity index (χ2v) is 7.10. The highest BCUT2D eigenvalue weighted by atomic mass is 35.5. The van der Waals surface area contributed by atoms with E-state index in [1.807, 2.05) is 55.5 Å². The van der Waals surface area contributed by atoms with Gasteiger partial charge in [-0.1, -0.05) is 48.0 Å². The van der Waals surface area contributed by atoms with Crippen molar-refractivity contribution in [1.82, 2.24) is 10.2 Å². The van der Waals surface area contributed by atoms with Gasteiger partial charge < -0.3 is 15.3 Å². The first-order valence-corrected chi connectivity index (χ1v) is 8.70. The van der Waals surface area contributed by atoms with E-state index in [-0.39, 0.29) is 0 Å². The Morgan fingerprint density at radius 3 is 2.04 bits per heavy atom. The summed E-state index contributed by atoms with van der Waals surface area (Å²) in [5.41, 5.74) is 2.35. The molecule has 2 N–H and O–H groups in total. The fraction of sp³-hybridized carbons (Fsp3) is 0.400. The van der Waals surface area contributed by atoms with E-state index < -0.39 is 5.60 Å². The van der Waals surface area contributed by atoms with Gasteiger partial charge in [-0.05, 0) is 62.8 Å². The van der Waals surface area contributed by atoms with Gasteiger partial charge >= 0.3 is 0 Å². The van der Waals surface area contributed by atoms with Crippen LogP contribution in [0.4, 0.5) is 0 Å². The molecule has 0 saturated heterocycles. The van der Waals surface area contributed by atoms with Crippen LogP contribution in [0.5, 0.6) is 0 Å². The summed E-state index contributed by atoms with van der Waals surface area (Å²) in [5, 5.41) is 14.8. The van der Waals surface area contributed by atoms with E-state index in [1.165, 1.54) is 0 Å². The molecule has 0 aliphatic heterocycles. The van der Waals surface area contributed by atoms with Crippen LogP contribution in [-0.2, 0) is 5.60 Å². The van der Waals surface area contributed by atoms with Crippen LogP contribution in [0.25, 0.3) is 11.1 Å². The van der Waals surface area contributed by atoms with E-state index in [1.54, 1.807) is 0 Å². The fourth-order valence-corrected chi connectivity index (χ4v) is 2.69. The highest BCUT2D eigenvalue weighted by molar-refractivity contribution is 6.30. The first-order chi connectivity index (χ1) is 11.4. The van der Waals surface area contributed by atoms with Crippen LogP contribution in [0.1, 0.15) is 18.9 Å². The molecule has 0 heterocycles. The molecule has 2 aromatic carbocycles. The molecule has 0 bridgehead atoms. The summed E-state index contributed by atoms with van der Waals surface area (Å²) in [7, 11) is 4.11. The van der Waals surface area contributed by atoms with Gasteiger partial charge in [0.2, 0.25) is 0 Å². The van der Waals surface area contributed by atoms with Crippen molar-refractivity contribution in [2.24, 2.45) is 0 Å². The molecule has 24 heavy (non-hydrogen) atoms. The van der Waals surface area contributed by atoms with Crippen molar-refractivity contribution in [3.63, 3.8) is 0 Å². The Bertz CT molecular complexity index is 621. The number of hydrogen-bond donors (Lipinski definition) is 2. The molecule has 0 aromatic heterocycles. The van der Waals surface area contributed by atoms with E-state index >= 15 is 0 Å². The molecule has 0 amide bonds. The molecule has 4 heteroatoms. The third-order valence-electron chi connectivity index (χ3n) is 4.21. The smallest absolute Gasteiger partial charge is 0.0880 e. The largest absolute Gasteiger partial charge is 0.385 e. The van der Waals surface area contributed by atoms with Crippen molar-refractivity contribution in [2.45, 2.75) is 18.9 Å². The lowest BCUT2D eigenvalue weighted by atomic mass is 9.91. The Morgan fingerprint density at radius 1 is 0.958 bits per heavy atom. The zero-order valence-electron chi connectivity index (χ0n) is 14.7. The number of halogens is 1. The minimum absolute atomic E-state index is 0.681. The van der Waals surface area contributed by atoms with Gasteiger partial charge in [0.15, 0.2) is 0 Å². The normalized spacial score (nSPS) is 13.9. The Labute approximate surface area is 150 Å². The molecule has 0 radical (unpaired) electrons. The van der Waals surface area contributed by atoms with E-state index in [4.69, 9.17) is 11.6 Å². The lowest BCUT2D eigenvalue weighted by Gasteiger charge is -2.24. The summed E-state index contributed by atoms with van der Waals surface area (Å²) < 4.78 is 0. The molecule has 2 rings (SSSR count). The van der Waals surface area contributed by atoms with Gasteiger partial charge in [-0.2, -0.15) is 0 Å². The van der Waals surface area contributed by atoms with Crippen molar-refractivity contribution in [3.05, 3.63) is 59.1 Å². The molecular weight excluding hydrogens is 320 g/mol. The summed E-state index contributed by atoms with van der Waals surface area (Å²) in [6.45, 7) is 4.59. The van der Waals surface area contributed by atoms with Gasteiger partial charge in [-0.3, -0.25) is 0 Å².